The number of hydrogen-bond acceptors (Lipinski definition) is 3. The van der Waals surface area contributed by atoms with Gasteiger partial charge in [0, 0.05) is 32.5 Å². The summed E-state index contributed by atoms with van der Waals surface area (Å²) in [5, 5.41) is 6.38. The van der Waals surface area contributed by atoms with Gasteiger partial charge in [-0.25, -0.2) is 9.83 Å². The van der Waals surface area contributed by atoms with Crippen molar-refractivity contribution in [2.24, 2.45) is 0 Å². The lowest BCUT2D eigenvalue weighted by atomic mass is 9.84. The molecule has 0 spiro atoms. The van der Waals surface area contributed by atoms with E-state index in [-0.39, 0.29) is 5.92 Å². The number of nitrogens with zero attached hydrogens (tertiary/aromatic N) is 2. The average molecular weight is 386 g/mol. The maximum atomic E-state index is 7.67. The first kappa shape index (κ1) is 16.0. The number of thiazole rings is 1. The van der Waals surface area contributed by atoms with Gasteiger partial charge in [-0.05, 0) is 32.4 Å². The van der Waals surface area contributed by atoms with Crippen LogP contribution in [-0.2, 0) is 0 Å². The topological polar surface area (TPSA) is 29.3 Å². The van der Waals surface area contributed by atoms with Gasteiger partial charge in [0.2, 0.25) is 0 Å². The predicted octanol–water partition coefficient (Wildman–Crippen LogP) is 5.48. The minimum absolute atomic E-state index is 0.102. The fourth-order valence-corrected chi connectivity index (χ4v) is 4.35. The molecule has 0 aliphatic carbocycles. The van der Waals surface area contributed by atoms with Gasteiger partial charge in [-0.15, -0.1) is 11.3 Å². The summed E-state index contributed by atoms with van der Waals surface area (Å²) < 4.78 is 1.01. The molecule has 23 heavy (non-hydrogen) atoms. The van der Waals surface area contributed by atoms with Crippen molar-refractivity contribution in [1.82, 2.24) is 10.3 Å². The highest BCUT2D eigenvalue weighted by Gasteiger charge is 2.33. The zero-order valence-electron chi connectivity index (χ0n) is 13.1. The third-order valence-electron chi connectivity index (χ3n) is 3.91. The number of nitrogens with one attached hydrogen (secondary N) is 1. The lowest BCUT2D eigenvalue weighted by Crippen LogP contribution is -2.22. The monoisotopic (exact) mass is 385 g/mol. The fraction of sp³-hybridized carbons (Fsp3) is 0.222. The van der Waals surface area contributed by atoms with Gasteiger partial charge in [0.25, 0.3) is 0 Å². The number of benzene rings is 1. The van der Waals surface area contributed by atoms with Crippen LogP contribution in [0.15, 0.2) is 51.2 Å². The molecule has 0 saturated heterocycles. The Balaban J connectivity index is 2.25. The lowest BCUT2D eigenvalue weighted by Gasteiger charge is -2.29. The van der Waals surface area contributed by atoms with Gasteiger partial charge in [0.1, 0.15) is 5.01 Å². The summed E-state index contributed by atoms with van der Waals surface area (Å²) in [6, 6.07) is 8.10. The van der Waals surface area contributed by atoms with Crippen LogP contribution < -0.4 is 5.32 Å². The van der Waals surface area contributed by atoms with Crippen molar-refractivity contribution in [2.45, 2.75) is 26.7 Å². The third kappa shape index (κ3) is 2.85. The van der Waals surface area contributed by atoms with Crippen LogP contribution in [0.4, 0.5) is 0 Å². The van der Waals surface area contributed by atoms with Crippen LogP contribution in [0.5, 0.6) is 0 Å². The van der Waals surface area contributed by atoms with Crippen LogP contribution in [0.25, 0.3) is 10.4 Å². The molecule has 1 aliphatic heterocycles. The summed E-state index contributed by atoms with van der Waals surface area (Å²) in [5.41, 5.74) is 5.89. The maximum Gasteiger partial charge on any atom is 0.195 e. The molecule has 116 valence electrons. The molecular formula is C18H16BrN3S. The molecule has 0 fully saturated rings. The molecule has 2 heterocycles. The molecular weight excluding hydrogens is 370 g/mol. The number of dihydropyridines is 1. The van der Waals surface area contributed by atoms with E-state index >= 15 is 0 Å². The van der Waals surface area contributed by atoms with Crippen molar-refractivity contribution in [3.8, 4) is 0 Å². The van der Waals surface area contributed by atoms with E-state index in [1.807, 2.05) is 32.0 Å². The second kappa shape index (κ2) is 6.31. The molecule has 1 N–H and O–H groups in total. The Morgan fingerprint density at radius 1 is 1.22 bits per heavy atom. The summed E-state index contributed by atoms with van der Waals surface area (Å²) >= 11 is 5.28. The highest BCUT2D eigenvalue weighted by molar-refractivity contribution is 9.10. The second-order valence-corrected chi connectivity index (χ2v) is 7.25. The molecule has 0 amide bonds. The number of hydrogen-bond donors (Lipinski definition) is 1. The normalized spacial score (nSPS) is 18.0. The second-order valence-electron chi connectivity index (χ2n) is 5.53. The van der Waals surface area contributed by atoms with Gasteiger partial charge < -0.3 is 5.32 Å². The minimum Gasteiger partial charge on any atom is -0.372 e. The van der Waals surface area contributed by atoms with Crippen LogP contribution in [-0.4, -0.2) is 4.98 Å². The maximum absolute atomic E-state index is 7.67. The molecule has 1 aromatic carbocycles. The number of rotatable bonds is 2. The zero-order valence-corrected chi connectivity index (χ0v) is 15.5. The lowest BCUT2D eigenvalue weighted by molar-refractivity contribution is 0.850. The first-order valence-electron chi connectivity index (χ1n) is 7.26. The fourth-order valence-electron chi connectivity index (χ4n) is 2.90. The average Bonchev–Trinajstić information content (AvgIpc) is 2.93. The smallest absolute Gasteiger partial charge is 0.195 e. The summed E-state index contributed by atoms with van der Waals surface area (Å²) in [4.78, 5) is 8.50. The van der Waals surface area contributed by atoms with E-state index in [1.165, 1.54) is 0 Å². The standard InChI is InChI=1S/C18H16BrN3S/c1-10-9-23-18(21-10)15-11(2)22-12(3)17(20-4)16(15)13-7-5-6-8-14(13)19/h5-9,16,22H,1-3H3. The third-order valence-corrected chi connectivity index (χ3v) is 5.63. The number of aryl methyl sites for hydroxylation is 1. The Labute approximate surface area is 148 Å². The van der Waals surface area contributed by atoms with Crippen LogP contribution in [0.2, 0.25) is 0 Å². The van der Waals surface area contributed by atoms with E-state index in [0.29, 0.717) is 0 Å². The van der Waals surface area contributed by atoms with E-state index in [0.717, 1.165) is 43.4 Å². The highest BCUT2D eigenvalue weighted by atomic mass is 79.9. The van der Waals surface area contributed by atoms with Crippen molar-refractivity contribution in [3.05, 3.63) is 78.9 Å². The summed E-state index contributed by atoms with van der Waals surface area (Å²) in [6.07, 6.45) is 0. The molecule has 0 bridgehead atoms. The zero-order chi connectivity index (χ0) is 16.6. The van der Waals surface area contributed by atoms with Gasteiger partial charge in [-0.2, -0.15) is 0 Å². The van der Waals surface area contributed by atoms with Crippen molar-refractivity contribution in [1.29, 1.82) is 0 Å². The van der Waals surface area contributed by atoms with Gasteiger partial charge in [-0.3, -0.25) is 0 Å². The van der Waals surface area contributed by atoms with Crippen molar-refractivity contribution in [2.75, 3.05) is 0 Å². The van der Waals surface area contributed by atoms with Crippen molar-refractivity contribution in [3.63, 3.8) is 0 Å². The van der Waals surface area contributed by atoms with E-state index in [9.17, 15) is 0 Å². The molecule has 1 aromatic heterocycles. The first-order chi connectivity index (χ1) is 11.0. The molecule has 1 aliphatic rings. The molecule has 2 aromatic rings. The van der Waals surface area contributed by atoms with E-state index in [4.69, 9.17) is 6.57 Å². The Morgan fingerprint density at radius 2 is 1.96 bits per heavy atom. The molecule has 1 unspecified atom stereocenters. The predicted molar refractivity (Wildman–Crippen MR) is 98.8 cm³/mol. The SMILES string of the molecule is [C-]#[N+]C1=C(C)NC(C)=C(c2nc(C)cs2)C1c1ccccc1Br. The first-order valence-corrected chi connectivity index (χ1v) is 8.93. The Morgan fingerprint density at radius 3 is 2.57 bits per heavy atom. The molecule has 3 rings (SSSR count). The summed E-state index contributed by atoms with van der Waals surface area (Å²) in [7, 11) is 0. The molecule has 1 atom stereocenters. The highest BCUT2D eigenvalue weighted by Crippen LogP contribution is 2.46. The van der Waals surface area contributed by atoms with Crippen molar-refractivity contribution >= 4 is 32.8 Å². The van der Waals surface area contributed by atoms with E-state index in [1.54, 1.807) is 11.3 Å². The Kier molecular flexibility index (Phi) is 4.38. The van der Waals surface area contributed by atoms with Crippen LogP contribution in [0.3, 0.4) is 0 Å². The summed E-state index contributed by atoms with van der Waals surface area (Å²) in [5.74, 6) is -0.102. The molecule has 5 heteroatoms. The number of halogens is 1. The van der Waals surface area contributed by atoms with Crippen LogP contribution in [0.1, 0.15) is 36.0 Å². The van der Waals surface area contributed by atoms with E-state index < -0.39 is 0 Å². The van der Waals surface area contributed by atoms with Gasteiger partial charge in [-0.1, -0.05) is 34.1 Å². The van der Waals surface area contributed by atoms with Crippen LogP contribution >= 0.6 is 27.3 Å². The summed E-state index contributed by atoms with van der Waals surface area (Å²) in [6.45, 7) is 13.7. The number of allylic oxidation sites excluding steroid dienone is 3. The molecule has 3 nitrogen and oxygen atoms in total. The Bertz CT molecular complexity index is 870. The number of aromatic nitrogens is 1. The largest absolute Gasteiger partial charge is 0.372 e. The minimum atomic E-state index is -0.102. The molecule has 0 saturated carbocycles. The van der Waals surface area contributed by atoms with Gasteiger partial charge >= 0.3 is 0 Å². The van der Waals surface area contributed by atoms with Gasteiger partial charge in [0.15, 0.2) is 5.70 Å². The Hall–Kier alpha value is -1.90. The van der Waals surface area contributed by atoms with Crippen molar-refractivity contribution < 1.29 is 0 Å². The van der Waals surface area contributed by atoms with Crippen LogP contribution in [0, 0.1) is 13.5 Å². The van der Waals surface area contributed by atoms with E-state index in [2.05, 4.69) is 49.4 Å². The quantitative estimate of drug-likeness (QED) is 0.693. The molecule has 0 radical (unpaired) electrons. The van der Waals surface area contributed by atoms with Gasteiger partial charge in [0.05, 0.1) is 12.5 Å².